The number of nitrogens with zero attached hydrogens (tertiary/aromatic N) is 4. The SMILES string of the molecule is Cc1cccc2ncc(C(=O)NCc3cn4c(n3)SCC4)c(=O)n12. The third-order valence-electron chi connectivity index (χ3n) is 3.95. The third kappa shape index (κ3) is 2.48. The number of thioether (sulfide) groups is 1. The molecule has 122 valence electrons. The van der Waals surface area contributed by atoms with Crippen molar-refractivity contribution < 1.29 is 4.79 Å². The highest BCUT2D eigenvalue weighted by Gasteiger charge is 2.17. The van der Waals surface area contributed by atoms with E-state index in [1.165, 1.54) is 10.6 Å². The lowest BCUT2D eigenvalue weighted by molar-refractivity contribution is 0.0948. The Hall–Kier alpha value is -2.61. The number of carbonyl (C=O) groups excluding carboxylic acids is 1. The fourth-order valence-corrected chi connectivity index (χ4v) is 3.71. The van der Waals surface area contributed by atoms with E-state index >= 15 is 0 Å². The Kier molecular flexibility index (Phi) is 3.61. The maximum Gasteiger partial charge on any atom is 0.270 e. The number of amides is 1. The highest BCUT2D eigenvalue weighted by Crippen LogP contribution is 2.24. The van der Waals surface area contributed by atoms with E-state index in [9.17, 15) is 9.59 Å². The third-order valence-corrected chi connectivity index (χ3v) is 4.92. The number of hydrogen-bond donors (Lipinski definition) is 1. The van der Waals surface area contributed by atoms with Gasteiger partial charge in [0.15, 0.2) is 5.16 Å². The molecule has 0 aliphatic carbocycles. The highest BCUT2D eigenvalue weighted by atomic mass is 32.2. The zero-order chi connectivity index (χ0) is 16.7. The summed E-state index contributed by atoms with van der Waals surface area (Å²) in [5, 5.41) is 3.73. The maximum absolute atomic E-state index is 12.6. The standard InChI is InChI=1S/C16H15N5O2S/c1-10-3-2-4-13-17-8-12(15(23)21(10)13)14(22)18-7-11-9-20-5-6-24-16(20)19-11/h2-4,8-9H,5-7H2,1H3,(H,18,22). The van der Waals surface area contributed by atoms with Gasteiger partial charge in [0.2, 0.25) is 0 Å². The molecule has 0 saturated heterocycles. The van der Waals surface area contributed by atoms with E-state index in [4.69, 9.17) is 0 Å². The highest BCUT2D eigenvalue weighted by molar-refractivity contribution is 7.99. The van der Waals surface area contributed by atoms with Gasteiger partial charge in [-0.05, 0) is 19.1 Å². The monoisotopic (exact) mass is 341 g/mol. The Morgan fingerprint density at radius 2 is 2.29 bits per heavy atom. The number of fused-ring (bicyclic) bond motifs is 2. The fraction of sp³-hybridized carbons (Fsp3) is 0.250. The molecule has 8 heteroatoms. The molecule has 0 radical (unpaired) electrons. The van der Waals surface area contributed by atoms with Crippen LogP contribution in [0.2, 0.25) is 0 Å². The van der Waals surface area contributed by atoms with Gasteiger partial charge < -0.3 is 9.88 Å². The van der Waals surface area contributed by atoms with Crippen LogP contribution in [0.25, 0.3) is 5.65 Å². The molecule has 0 spiro atoms. The van der Waals surface area contributed by atoms with E-state index in [0.717, 1.165) is 28.8 Å². The molecule has 3 aromatic heterocycles. The van der Waals surface area contributed by atoms with Crippen LogP contribution in [0.15, 0.2) is 40.5 Å². The molecule has 7 nitrogen and oxygen atoms in total. The predicted octanol–water partition coefficient (Wildman–Crippen LogP) is 1.24. The first-order chi connectivity index (χ1) is 11.6. The molecule has 0 unspecified atom stereocenters. The molecule has 1 N–H and O–H groups in total. The lowest BCUT2D eigenvalue weighted by Crippen LogP contribution is -2.32. The molecule has 4 heterocycles. The van der Waals surface area contributed by atoms with Crippen LogP contribution in [0.4, 0.5) is 0 Å². The Labute approximate surface area is 141 Å². The Morgan fingerprint density at radius 1 is 1.42 bits per heavy atom. The van der Waals surface area contributed by atoms with Gasteiger partial charge >= 0.3 is 0 Å². The molecule has 3 aromatic rings. The lowest BCUT2D eigenvalue weighted by atomic mass is 10.2. The molecule has 24 heavy (non-hydrogen) atoms. The summed E-state index contributed by atoms with van der Waals surface area (Å²) < 4.78 is 3.51. The van der Waals surface area contributed by atoms with Crippen LogP contribution < -0.4 is 10.9 Å². The van der Waals surface area contributed by atoms with Crippen molar-refractivity contribution in [3.8, 4) is 0 Å². The van der Waals surface area contributed by atoms with Gasteiger partial charge in [0.05, 0.1) is 12.2 Å². The summed E-state index contributed by atoms with van der Waals surface area (Å²) in [7, 11) is 0. The van der Waals surface area contributed by atoms with Crippen LogP contribution in [-0.2, 0) is 13.1 Å². The van der Waals surface area contributed by atoms with Gasteiger partial charge in [0.25, 0.3) is 11.5 Å². The lowest BCUT2D eigenvalue weighted by Gasteiger charge is -2.07. The van der Waals surface area contributed by atoms with E-state index in [2.05, 4.69) is 19.9 Å². The van der Waals surface area contributed by atoms with E-state index in [1.807, 2.05) is 25.3 Å². The molecular weight excluding hydrogens is 326 g/mol. The number of imidazole rings is 1. The maximum atomic E-state index is 12.6. The average molecular weight is 341 g/mol. The molecule has 1 amide bonds. The van der Waals surface area contributed by atoms with Crippen molar-refractivity contribution in [3.63, 3.8) is 0 Å². The molecule has 1 aliphatic heterocycles. The van der Waals surface area contributed by atoms with Crippen molar-refractivity contribution in [1.29, 1.82) is 0 Å². The van der Waals surface area contributed by atoms with Crippen molar-refractivity contribution in [3.05, 3.63) is 57.9 Å². The predicted molar refractivity (Wildman–Crippen MR) is 90.3 cm³/mol. The summed E-state index contributed by atoms with van der Waals surface area (Å²) in [6.07, 6.45) is 3.26. The average Bonchev–Trinajstić information content (AvgIpc) is 3.14. The number of carbonyl (C=O) groups is 1. The van der Waals surface area contributed by atoms with Crippen molar-refractivity contribution in [1.82, 2.24) is 24.3 Å². The second-order valence-corrected chi connectivity index (χ2v) is 6.64. The number of hydrogen-bond acceptors (Lipinski definition) is 5. The fourth-order valence-electron chi connectivity index (χ4n) is 2.74. The molecule has 0 saturated carbocycles. The van der Waals surface area contributed by atoms with Crippen LogP contribution >= 0.6 is 11.8 Å². The molecule has 0 fully saturated rings. The van der Waals surface area contributed by atoms with Crippen molar-refractivity contribution in [2.75, 3.05) is 5.75 Å². The Bertz CT molecular complexity index is 986. The minimum atomic E-state index is -0.439. The van der Waals surface area contributed by atoms with Crippen LogP contribution in [0, 0.1) is 6.92 Å². The van der Waals surface area contributed by atoms with Gasteiger partial charge in [-0.15, -0.1) is 0 Å². The normalized spacial score (nSPS) is 13.2. The molecule has 0 aromatic carbocycles. The van der Waals surface area contributed by atoms with Gasteiger partial charge in [-0.1, -0.05) is 17.8 Å². The number of aryl methyl sites for hydroxylation is 2. The van der Waals surface area contributed by atoms with Crippen LogP contribution in [0.1, 0.15) is 21.7 Å². The second-order valence-electron chi connectivity index (χ2n) is 5.58. The molecule has 4 rings (SSSR count). The summed E-state index contributed by atoms with van der Waals surface area (Å²) in [4.78, 5) is 33.6. The summed E-state index contributed by atoms with van der Waals surface area (Å²) >= 11 is 1.70. The smallest absolute Gasteiger partial charge is 0.270 e. The van der Waals surface area contributed by atoms with Crippen molar-refractivity contribution in [2.45, 2.75) is 25.2 Å². The van der Waals surface area contributed by atoms with Crippen LogP contribution in [0.3, 0.4) is 0 Å². The first-order valence-corrected chi connectivity index (χ1v) is 8.56. The first-order valence-electron chi connectivity index (χ1n) is 7.58. The van der Waals surface area contributed by atoms with Gasteiger partial charge in [-0.2, -0.15) is 0 Å². The molecule has 0 atom stereocenters. The van der Waals surface area contributed by atoms with Gasteiger partial charge in [0, 0.05) is 30.4 Å². The Balaban J connectivity index is 1.58. The van der Waals surface area contributed by atoms with Gasteiger partial charge in [-0.25, -0.2) is 9.97 Å². The van der Waals surface area contributed by atoms with Gasteiger partial charge in [0.1, 0.15) is 11.2 Å². The molecule has 0 bridgehead atoms. The zero-order valence-corrected chi connectivity index (χ0v) is 13.8. The first kappa shape index (κ1) is 14.9. The summed E-state index contributed by atoms with van der Waals surface area (Å²) in [6.45, 7) is 3.04. The van der Waals surface area contributed by atoms with Crippen molar-refractivity contribution >= 4 is 23.3 Å². The second kappa shape index (κ2) is 5.79. The molecular formula is C16H15N5O2S. The van der Waals surface area contributed by atoms with E-state index in [1.54, 1.807) is 17.8 Å². The number of aromatic nitrogens is 4. The zero-order valence-electron chi connectivity index (χ0n) is 13.0. The summed E-state index contributed by atoms with van der Waals surface area (Å²) in [5.74, 6) is 0.597. The topological polar surface area (TPSA) is 81.3 Å². The van der Waals surface area contributed by atoms with E-state index in [-0.39, 0.29) is 17.7 Å². The van der Waals surface area contributed by atoms with E-state index in [0.29, 0.717) is 5.65 Å². The summed E-state index contributed by atoms with van der Waals surface area (Å²) in [5.41, 5.74) is 1.72. The minimum absolute atomic E-state index is 0.0305. The summed E-state index contributed by atoms with van der Waals surface area (Å²) in [6, 6.07) is 5.37. The van der Waals surface area contributed by atoms with E-state index < -0.39 is 5.91 Å². The van der Waals surface area contributed by atoms with Crippen molar-refractivity contribution in [2.24, 2.45) is 0 Å². The van der Waals surface area contributed by atoms with Crippen LogP contribution in [0.5, 0.6) is 0 Å². The largest absolute Gasteiger partial charge is 0.346 e. The number of pyridine rings is 1. The van der Waals surface area contributed by atoms with Gasteiger partial charge in [-0.3, -0.25) is 14.0 Å². The molecule has 1 aliphatic rings. The quantitative estimate of drug-likeness (QED) is 0.775. The van der Waals surface area contributed by atoms with Crippen LogP contribution in [-0.4, -0.2) is 30.6 Å². The number of nitrogens with one attached hydrogen (secondary N) is 1. The Morgan fingerprint density at radius 3 is 3.12 bits per heavy atom. The number of rotatable bonds is 3. The minimum Gasteiger partial charge on any atom is -0.346 e.